The van der Waals surface area contributed by atoms with Gasteiger partial charge in [0.25, 0.3) is 5.91 Å². The number of nitrogens with one attached hydrogen (secondary N) is 2. The predicted molar refractivity (Wildman–Crippen MR) is 111 cm³/mol. The Kier molecular flexibility index (Phi) is 5.88. The summed E-state index contributed by atoms with van der Waals surface area (Å²) in [5, 5.41) is 6.08. The van der Waals surface area contributed by atoms with E-state index in [1.54, 1.807) is 4.90 Å². The van der Waals surface area contributed by atoms with E-state index in [2.05, 4.69) is 10.6 Å². The highest BCUT2D eigenvalue weighted by Gasteiger charge is 2.50. The maximum atomic E-state index is 13.7. The van der Waals surface area contributed by atoms with Crippen LogP contribution in [0.15, 0.2) is 30.3 Å². The number of rotatable bonds is 5. The van der Waals surface area contributed by atoms with Crippen molar-refractivity contribution < 1.29 is 14.4 Å². The molecule has 156 valence electrons. The molecular formula is C23H31N3O3. The Morgan fingerprint density at radius 1 is 0.966 bits per heavy atom. The Morgan fingerprint density at radius 2 is 1.66 bits per heavy atom. The van der Waals surface area contributed by atoms with E-state index in [4.69, 9.17) is 0 Å². The van der Waals surface area contributed by atoms with Crippen LogP contribution in [0, 0.1) is 0 Å². The van der Waals surface area contributed by atoms with Crippen molar-refractivity contribution >= 4 is 23.4 Å². The zero-order chi connectivity index (χ0) is 20.3. The highest BCUT2D eigenvalue weighted by molar-refractivity contribution is 6.07. The molecule has 1 atom stereocenters. The average Bonchev–Trinajstić information content (AvgIpc) is 3.41. The lowest BCUT2D eigenvalue weighted by molar-refractivity contribution is -0.133. The Balaban J connectivity index is 1.70. The first-order valence-corrected chi connectivity index (χ1v) is 11.1. The Hall–Kier alpha value is -2.37. The van der Waals surface area contributed by atoms with Crippen molar-refractivity contribution in [3.63, 3.8) is 0 Å². The zero-order valence-corrected chi connectivity index (χ0v) is 17.0. The maximum absolute atomic E-state index is 13.7. The normalized spacial score (nSPS) is 24.1. The third-order valence-corrected chi connectivity index (χ3v) is 6.75. The number of carbonyl (C=O) groups is 3. The van der Waals surface area contributed by atoms with Crippen LogP contribution in [-0.4, -0.2) is 35.3 Å². The molecule has 3 amide bonds. The number of benzene rings is 1. The van der Waals surface area contributed by atoms with E-state index in [-0.39, 0.29) is 23.8 Å². The Morgan fingerprint density at radius 3 is 2.28 bits per heavy atom. The van der Waals surface area contributed by atoms with Crippen molar-refractivity contribution in [1.29, 1.82) is 0 Å². The molecule has 1 heterocycles. The fourth-order valence-corrected chi connectivity index (χ4v) is 5.20. The lowest BCUT2D eigenvalue weighted by Gasteiger charge is -2.46. The molecule has 0 aromatic heterocycles. The van der Waals surface area contributed by atoms with Crippen LogP contribution in [0.25, 0.3) is 0 Å². The molecule has 2 N–H and O–H groups in total. The van der Waals surface area contributed by atoms with Gasteiger partial charge in [-0.25, -0.2) is 0 Å². The molecule has 3 fully saturated rings. The van der Waals surface area contributed by atoms with Crippen molar-refractivity contribution in [1.82, 2.24) is 10.6 Å². The summed E-state index contributed by atoms with van der Waals surface area (Å²) in [5.41, 5.74) is -0.144. The van der Waals surface area contributed by atoms with Gasteiger partial charge in [0.15, 0.2) is 0 Å². The molecule has 3 aliphatic rings. The molecule has 0 spiro atoms. The van der Waals surface area contributed by atoms with Gasteiger partial charge >= 0.3 is 0 Å². The second-order valence-electron chi connectivity index (χ2n) is 8.72. The highest BCUT2D eigenvalue weighted by atomic mass is 16.2. The van der Waals surface area contributed by atoms with Crippen molar-refractivity contribution in [3.8, 4) is 0 Å². The summed E-state index contributed by atoms with van der Waals surface area (Å²) in [6.07, 6.45) is 9.41. The molecule has 1 aliphatic heterocycles. The largest absolute Gasteiger partial charge is 0.351 e. The van der Waals surface area contributed by atoms with Gasteiger partial charge in [-0.2, -0.15) is 0 Å². The Labute approximate surface area is 172 Å². The molecule has 0 radical (unpaired) electrons. The second kappa shape index (κ2) is 8.56. The standard InChI is InChI=1S/C23H31N3O3/c27-20-14-13-19(25-20)21(28)26(18-11-3-1-4-12-18)23(15-7-2-8-16-23)22(29)24-17-9-5-6-10-17/h1,3-4,11-12,17,19H,2,5-10,13-16H2,(H,24,29)(H,25,27)/t19-/m0/s1. The fraction of sp³-hybridized carbons (Fsp3) is 0.609. The van der Waals surface area contributed by atoms with Crippen LogP contribution in [0.4, 0.5) is 5.69 Å². The van der Waals surface area contributed by atoms with Crippen LogP contribution in [0.2, 0.25) is 0 Å². The first kappa shape index (κ1) is 19.9. The van der Waals surface area contributed by atoms with Crippen LogP contribution in [0.3, 0.4) is 0 Å². The van der Waals surface area contributed by atoms with Gasteiger partial charge in [0.2, 0.25) is 11.8 Å². The first-order chi connectivity index (χ1) is 14.1. The Bertz CT molecular complexity index is 752. The SMILES string of the molecule is O=C1CC[C@@H](C(=O)N(c2ccccc2)C2(C(=O)NC3CCCC3)CCCCC2)N1. The second-order valence-corrected chi connectivity index (χ2v) is 8.72. The van der Waals surface area contributed by atoms with Crippen LogP contribution in [0.1, 0.15) is 70.6 Å². The molecule has 2 saturated carbocycles. The molecule has 6 heteroatoms. The average molecular weight is 398 g/mol. The number of nitrogens with zero attached hydrogens (tertiary/aromatic N) is 1. The molecule has 1 aromatic rings. The van der Waals surface area contributed by atoms with E-state index in [0.29, 0.717) is 25.7 Å². The van der Waals surface area contributed by atoms with E-state index in [0.717, 1.165) is 50.6 Å². The molecule has 1 saturated heterocycles. The monoisotopic (exact) mass is 397 g/mol. The summed E-state index contributed by atoms with van der Waals surface area (Å²) >= 11 is 0. The molecule has 0 unspecified atom stereocenters. The quantitative estimate of drug-likeness (QED) is 0.802. The summed E-state index contributed by atoms with van der Waals surface area (Å²) in [5.74, 6) is -0.277. The van der Waals surface area contributed by atoms with Crippen LogP contribution in [-0.2, 0) is 14.4 Å². The number of hydrogen-bond acceptors (Lipinski definition) is 3. The third-order valence-electron chi connectivity index (χ3n) is 6.75. The lowest BCUT2D eigenvalue weighted by atomic mass is 9.78. The van der Waals surface area contributed by atoms with Gasteiger partial charge in [0.05, 0.1) is 0 Å². The highest BCUT2D eigenvalue weighted by Crippen LogP contribution is 2.39. The molecule has 2 aliphatic carbocycles. The van der Waals surface area contributed by atoms with Crippen molar-refractivity contribution in [2.45, 2.75) is 88.3 Å². The molecule has 1 aromatic carbocycles. The smallest absolute Gasteiger partial charge is 0.250 e. The van der Waals surface area contributed by atoms with E-state index in [1.807, 2.05) is 30.3 Å². The lowest BCUT2D eigenvalue weighted by Crippen LogP contribution is -2.65. The summed E-state index contributed by atoms with van der Waals surface area (Å²) < 4.78 is 0. The minimum Gasteiger partial charge on any atom is -0.351 e. The maximum Gasteiger partial charge on any atom is 0.250 e. The molecular weight excluding hydrogens is 366 g/mol. The summed E-state index contributed by atoms with van der Waals surface area (Å²) in [6.45, 7) is 0. The van der Waals surface area contributed by atoms with Gasteiger partial charge in [-0.05, 0) is 44.2 Å². The number of hydrogen-bond donors (Lipinski definition) is 2. The van der Waals surface area contributed by atoms with Gasteiger partial charge in [-0.3, -0.25) is 19.3 Å². The zero-order valence-electron chi connectivity index (χ0n) is 17.0. The first-order valence-electron chi connectivity index (χ1n) is 11.1. The van der Waals surface area contributed by atoms with Crippen LogP contribution < -0.4 is 15.5 Å². The minimum atomic E-state index is -0.882. The van der Waals surface area contributed by atoms with Gasteiger partial charge < -0.3 is 10.6 Å². The topological polar surface area (TPSA) is 78.5 Å². The fourth-order valence-electron chi connectivity index (χ4n) is 5.20. The number of amides is 3. The third kappa shape index (κ3) is 4.02. The number of anilines is 1. The van der Waals surface area contributed by atoms with E-state index >= 15 is 0 Å². The summed E-state index contributed by atoms with van der Waals surface area (Å²) in [4.78, 5) is 40.9. The van der Waals surface area contributed by atoms with Gasteiger partial charge in [0.1, 0.15) is 11.6 Å². The predicted octanol–water partition coefficient (Wildman–Crippen LogP) is 3.06. The van der Waals surface area contributed by atoms with Gasteiger partial charge in [-0.1, -0.05) is 50.3 Å². The van der Waals surface area contributed by atoms with E-state index in [9.17, 15) is 14.4 Å². The summed E-state index contributed by atoms with van der Waals surface area (Å²) in [7, 11) is 0. The number of carbonyl (C=O) groups excluding carboxylic acids is 3. The molecule has 6 nitrogen and oxygen atoms in total. The van der Waals surface area contributed by atoms with Crippen LogP contribution in [0.5, 0.6) is 0 Å². The van der Waals surface area contributed by atoms with Gasteiger partial charge in [-0.15, -0.1) is 0 Å². The van der Waals surface area contributed by atoms with Crippen molar-refractivity contribution in [3.05, 3.63) is 30.3 Å². The van der Waals surface area contributed by atoms with E-state index in [1.165, 1.54) is 0 Å². The molecule has 4 rings (SSSR count). The molecule has 29 heavy (non-hydrogen) atoms. The van der Waals surface area contributed by atoms with Crippen molar-refractivity contribution in [2.24, 2.45) is 0 Å². The van der Waals surface area contributed by atoms with Crippen LogP contribution >= 0.6 is 0 Å². The van der Waals surface area contributed by atoms with E-state index < -0.39 is 11.6 Å². The van der Waals surface area contributed by atoms with Crippen molar-refractivity contribution in [2.75, 3.05) is 4.90 Å². The number of para-hydroxylation sites is 1. The minimum absolute atomic E-state index is 0.0226. The summed E-state index contributed by atoms with van der Waals surface area (Å²) in [6, 6.07) is 9.15. The van der Waals surface area contributed by atoms with Gasteiger partial charge in [0, 0.05) is 18.2 Å². The molecule has 0 bridgehead atoms.